The smallest absolute Gasteiger partial charge is 0.410 e. The zero-order valence-corrected chi connectivity index (χ0v) is 28.9. The zero-order chi connectivity index (χ0) is 34.2. The minimum Gasteiger partial charge on any atom is -0.439 e. The normalized spacial score (nSPS) is 21.8. The molecule has 1 unspecified atom stereocenters. The number of aliphatic hydroxyl groups is 2. The molecule has 2 aliphatic rings. The number of allylic oxidation sites excluding steroid dienone is 5. The van der Waals surface area contributed by atoms with E-state index in [1.165, 1.54) is 38.5 Å². The maximum Gasteiger partial charge on any atom is 0.410 e. The lowest BCUT2D eigenvalue weighted by Gasteiger charge is -2.40. The standard InChI is InChI=1S/C38H57N3O6/c1-29(32-17-21-39-22-18-32)10-9-11-30(2)35(28-43)31(3)14-15-36(38(4,46)20-16-34(44)19-27-42)47-37(45)41-25-23-40(24-26-41)33-12-7-5-6-8-13-33/h9-11,14-15,17-18,21-22,27-29,31,33-36,44,46H,5-8,12-13,16,19-20,23-26H2,1-4H3/b10-9+,15-14+,30-11+/t29?,31-,34-,35+,36-,38-/m0/s1. The van der Waals surface area contributed by atoms with Gasteiger partial charge in [-0.3, -0.25) is 9.88 Å². The van der Waals surface area contributed by atoms with Crippen LogP contribution in [0.1, 0.15) is 97.0 Å². The van der Waals surface area contributed by atoms with E-state index in [2.05, 4.69) is 22.9 Å². The number of aliphatic hydroxyl groups excluding tert-OH is 1. The van der Waals surface area contributed by atoms with Crippen molar-refractivity contribution in [2.24, 2.45) is 11.8 Å². The van der Waals surface area contributed by atoms with Gasteiger partial charge in [0.05, 0.1) is 6.10 Å². The monoisotopic (exact) mass is 651 g/mol. The molecule has 1 aromatic heterocycles. The summed E-state index contributed by atoms with van der Waals surface area (Å²) in [4.78, 5) is 44.8. The predicted octanol–water partition coefficient (Wildman–Crippen LogP) is 6.02. The second-order valence-corrected chi connectivity index (χ2v) is 13.7. The Morgan fingerprint density at radius 2 is 1.70 bits per heavy atom. The van der Waals surface area contributed by atoms with Crippen molar-refractivity contribution >= 4 is 18.7 Å². The van der Waals surface area contributed by atoms with E-state index < -0.39 is 29.8 Å². The average molecular weight is 652 g/mol. The van der Waals surface area contributed by atoms with Gasteiger partial charge in [-0.1, -0.05) is 69.4 Å². The summed E-state index contributed by atoms with van der Waals surface area (Å²) in [6.07, 6.45) is 20.0. The Balaban J connectivity index is 1.68. The van der Waals surface area contributed by atoms with E-state index in [9.17, 15) is 24.6 Å². The van der Waals surface area contributed by atoms with Gasteiger partial charge in [-0.15, -0.1) is 0 Å². The van der Waals surface area contributed by atoms with Crippen molar-refractivity contribution in [3.63, 3.8) is 0 Å². The first kappa shape index (κ1) is 38.3. The van der Waals surface area contributed by atoms with Crippen LogP contribution >= 0.6 is 0 Å². The largest absolute Gasteiger partial charge is 0.439 e. The maximum atomic E-state index is 13.4. The van der Waals surface area contributed by atoms with Gasteiger partial charge >= 0.3 is 6.09 Å². The summed E-state index contributed by atoms with van der Waals surface area (Å²) in [5, 5.41) is 21.7. The molecule has 9 nitrogen and oxygen atoms in total. The van der Waals surface area contributed by atoms with Crippen LogP contribution in [0.5, 0.6) is 0 Å². The fourth-order valence-electron chi connectivity index (χ4n) is 6.58. The van der Waals surface area contributed by atoms with Crippen molar-refractivity contribution in [1.82, 2.24) is 14.8 Å². The number of carbonyl (C=O) groups excluding carboxylic acids is 3. The second-order valence-electron chi connectivity index (χ2n) is 13.7. The first-order valence-electron chi connectivity index (χ1n) is 17.5. The lowest BCUT2D eigenvalue weighted by atomic mass is 9.86. The molecule has 3 rings (SSSR count). The second kappa shape index (κ2) is 19.6. The number of hydrogen-bond donors (Lipinski definition) is 2. The minimum atomic E-state index is -1.51. The molecule has 0 bridgehead atoms. The first-order valence-corrected chi connectivity index (χ1v) is 17.5. The molecule has 0 spiro atoms. The third-order valence-electron chi connectivity index (χ3n) is 9.93. The average Bonchev–Trinajstić information content (AvgIpc) is 3.36. The van der Waals surface area contributed by atoms with Gasteiger partial charge < -0.3 is 29.4 Å². The van der Waals surface area contributed by atoms with Gasteiger partial charge in [-0.2, -0.15) is 0 Å². The zero-order valence-electron chi connectivity index (χ0n) is 28.9. The van der Waals surface area contributed by atoms with E-state index in [1.54, 1.807) is 30.3 Å². The number of ether oxygens (including phenoxy) is 1. The summed E-state index contributed by atoms with van der Waals surface area (Å²) >= 11 is 0. The van der Waals surface area contributed by atoms with E-state index in [0.29, 0.717) is 25.4 Å². The van der Waals surface area contributed by atoms with Crippen molar-refractivity contribution in [1.29, 1.82) is 0 Å². The van der Waals surface area contributed by atoms with E-state index in [-0.39, 0.29) is 31.1 Å². The van der Waals surface area contributed by atoms with Crippen molar-refractivity contribution in [3.05, 3.63) is 66.0 Å². The summed E-state index contributed by atoms with van der Waals surface area (Å²) in [6.45, 7) is 10.2. The van der Waals surface area contributed by atoms with Crippen LogP contribution in [0.4, 0.5) is 4.79 Å². The highest BCUT2D eigenvalue weighted by Crippen LogP contribution is 2.27. The van der Waals surface area contributed by atoms with Crippen LogP contribution < -0.4 is 0 Å². The highest BCUT2D eigenvalue weighted by atomic mass is 16.6. The lowest BCUT2D eigenvalue weighted by Crippen LogP contribution is -2.53. The number of rotatable bonds is 16. The van der Waals surface area contributed by atoms with Gasteiger partial charge in [0.15, 0.2) is 6.10 Å². The quantitative estimate of drug-likeness (QED) is 0.0964. The van der Waals surface area contributed by atoms with Gasteiger partial charge in [0.1, 0.15) is 18.2 Å². The molecule has 0 aromatic carbocycles. The molecule has 1 aromatic rings. The number of amides is 1. The number of aromatic nitrogens is 1. The molecule has 1 aliphatic heterocycles. The molecule has 6 atom stereocenters. The Morgan fingerprint density at radius 3 is 2.32 bits per heavy atom. The van der Waals surface area contributed by atoms with Crippen LogP contribution in [0, 0.1) is 11.8 Å². The van der Waals surface area contributed by atoms with Crippen molar-refractivity contribution in [3.8, 4) is 0 Å². The van der Waals surface area contributed by atoms with E-state index in [4.69, 9.17) is 4.74 Å². The molecule has 1 saturated heterocycles. The Bertz CT molecular complexity index is 1180. The Hall–Kier alpha value is -3.14. The Morgan fingerprint density at radius 1 is 1.04 bits per heavy atom. The molecule has 9 heteroatoms. The highest BCUT2D eigenvalue weighted by molar-refractivity contribution is 5.68. The van der Waals surface area contributed by atoms with Crippen LogP contribution in [0.25, 0.3) is 0 Å². The molecule has 260 valence electrons. The Labute approximate surface area is 281 Å². The number of aldehydes is 2. The summed E-state index contributed by atoms with van der Waals surface area (Å²) in [7, 11) is 0. The fraction of sp³-hybridized carbons (Fsp3) is 0.632. The molecule has 2 N–H and O–H groups in total. The molecular formula is C38H57N3O6. The summed E-state index contributed by atoms with van der Waals surface area (Å²) < 4.78 is 5.97. The SMILES string of the molecule is C/C(=C\C=C\C(C)c1ccncc1)[C@@H](C=O)[C@@H](C)/C=C/[C@H](OC(=O)N1CCN(C2CCCCCC2)CC1)[C@@](C)(O)CC[C@H](O)CC=O. The fourth-order valence-corrected chi connectivity index (χ4v) is 6.58. The number of carbonyl (C=O) groups is 3. The van der Waals surface area contributed by atoms with Gasteiger partial charge in [0.25, 0.3) is 0 Å². The van der Waals surface area contributed by atoms with Gasteiger partial charge in [0.2, 0.25) is 0 Å². The van der Waals surface area contributed by atoms with Crippen LogP contribution in [0.3, 0.4) is 0 Å². The van der Waals surface area contributed by atoms with Gasteiger partial charge in [0, 0.05) is 57.0 Å². The predicted molar refractivity (Wildman–Crippen MR) is 185 cm³/mol. The number of pyridine rings is 1. The highest BCUT2D eigenvalue weighted by Gasteiger charge is 2.36. The molecule has 1 amide bonds. The molecule has 1 saturated carbocycles. The topological polar surface area (TPSA) is 120 Å². The Kier molecular flexibility index (Phi) is 16.0. The number of hydrogen-bond acceptors (Lipinski definition) is 8. The molecule has 2 fully saturated rings. The number of piperazine rings is 1. The van der Waals surface area contributed by atoms with E-state index in [1.807, 2.05) is 44.2 Å². The lowest BCUT2D eigenvalue weighted by molar-refractivity contribution is -0.111. The molecule has 47 heavy (non-hydrogen) atoms. The van der Waals surface area contributed by atoms with Gasteiger partial charge in [-0.25, -0.2) is 4.79 Å². The minimum absolute atomic E-state index is 0.0267. The van der Waals surface area contributed by atoms with Crippen molar-refractivity contribution < 1.29 is 29.3 Å². The van der Waals surface area contributed by atoms with E-state index in [0.717, 1.165) is 30.5 Å². The number of nitrogens with zero attached hydrogens (tertiary/aromatic N) is 3. The van der Waals surface area contributed by atoms with Crippen LogP contribution in [0.2, 0.25) is 0 Å². The summed E-state index contributed by atoms with van der Waals surface area (Å²) in [6, 6.07) is 4.54. The summed E-state index contributed by atoms with van der Waals surface area (Å²) in [5.41, 5.74) is 0.531. The van der Waals surface area contributed by atoms with Crippen molar-refractivity contribution in [2.45, 2.75) is 115 Å². The van der Waals surface area contributed by atoms with Crippen LogP contribution in [-0.4, -0.2) is 93.7 Å². The summed E-state index contributed by atoms with van der Waals surface area (Å²) in [5.74, 6) is -0.466. The first-order chi connectivity index (χ1) is 22.6. The third kappa shape index (κ3) is 12.4. The van der Waals surface area contributed by atoms with E-state index >= 15 is 0 Å². The molecular weight excluding hydrogens is 594 g/mol. The van der Waals surface area contributed by atoms with Crippen LogP contribution in [-0.2, 0) is 14.3 Å². The molecule has 1 aliphatic carbocycles. The van der Waals surface area contributed by atoms with Crippen LogP contribution in [0.15, 0.2) is 60.5 Å². The third-order valence-corrected chi connectivity index (χ3v) is 9.93. The molecule has 2 heterocycles. The molecule has 0 radical (unpaired) electrons. The maximum absolute atomic E-state index is 13.4. The van der Waals surface area contributed by atoms with Gasteiger partial charge in [-0.05, 0) is 75.1 Å². The van der Waals surface area contributed by atoms with Crippen molar-refractivity contribution in [2.75, 3.05) is 26.2 Å².